The first-order valence-electron chi connectivity index (χ1n) is 5.58. The van der Waals surface area contributed by atoms with E-state index < -0.39 is 0 Å². The molecule has 0 radical (unpaired) electrons. The molecular weight excluding hydrogens is 222 g/mol. The van der Waals surface area contributed by atoms with Crippen LogP contribution in [0.25, 0.3) is 0 Å². The second-order valence-corrected chi connectivity index (χ2v) is 5.67. The minimum Gasteiger partial charge on any atom is -0.367 e. The van der Waals surface area contributed by atoms with Crippen LogP contribution in [-0.4, -0.2) is 24.0 Å². The van der Waals surface area contributed by atoms with E-state index in [1.165, 1.54) is 4.91 Å². The van der Waals surface area contributed by atoms with Gasteiger partial charge in [0.25, 0.3) is 0 Å². The van der Waals surface area contributed by atoms with Gasteiger partial charge in [-0.1, -0.05) is 18.2 Å². The molecule has 0 spiro atoms. The summed E-state index contributed by atoms with van der Waals surface area (Å²) in [5.74, 6) is 0.867. The summed E-state index contributed by atoms with van der Waals surface area (Å²) >= 11 is 1.85. The molecule has 1 amide bonds. The molecule has 3 rings (SSSR count). The van der Waals surface area contributed by atoms with E-state index in [-0.39, 0.29) is 12.1 Å². The highest BCUT2D eigenvalue weighted by atomic mass is 32.2. The lowest BCUT2D eigenvalue weighted by atomic mass is 9.86. The topological polar surface area (TPSA) is 67.2 Å². The summed E-state index contributed by atoms with van der Waals surface area (Å²) in [6.45, 7) is 0.869. The van der Waals surface area contributed by atoms with Crippen molar-refractivity contribution in [1.82, 2.24) is 10.6 Å². The smallest absolute Gasteiger partial charge is 0.249 e. The van der Waals surface area contributed by atoms with Crippen molar-refractivity contribution in [3.63, 3.8) is 0 Å². The minimum atomic E-state index is -0.373. The monoisotopic (exact) mass is 237 g/mol. The quantitative estimate of drug-likeness (QED) is 0.607. The van der Waals surface area contributed by atoms with E-state index in [1.807, 2.05) is 11.8 Å². The highest BCUT2D eigenvalue weighted by Crippen LogP contribution is 2.48. The summed E-state index contributed by atoms with van der Waals surface area (Å²) in [6, 6.07) is 0. The van der Waals surface area contributed by atoms with E-state index in [0.29, 0.717) is 17.2 Å². The number of primary amides is 1. The number of thioether (sulfide) groups is 1. The van der Waals surface area contributed by atoms with Crippen LogP contribution < -0.4 is 16.4 Å². The number of nitrogens with two attached hydrogens (primary N) is 1. The maximum absolute atomic E-state index is 11.1. The van der Waals surface area contributed by atoms with Gasteiger partial charge < -0.3 is 5.73 Å². The zero-order valence-corrected chi connectivity index (χ0v) is 9.67. The fourth-order valence-corrected chi connectivity index (χ4v) is 4.21. The van der Waals surface area contributed by atoms with Gasteiger partial charge in [0, 0.05) is 12.5 Å². The highest BCUT2D eigenvalue weighted by Gasteiger charge is 2.44. The number of hydrogen-bond acceptors (Lipinski definition) is 4. The van der Waals surface area contributed by atoms with Crippen LogP contribution in [0.1, 0.15) is 6.42 Å². The summed E-state index contributed by atoms with van der Waals surface area (Å²) in [6.07, 6.45) is 7.28. The second-order valence-electron chi connectivity index (χ2n) is 4.45. The Morgan fingerprint density at radius 1 is 1.56 bits per heavy atom. The Balaban J connectivity index is 1.77. The van der Waals surface area contributed by atoms with Crippen molar-refractivity contribution in [1.29, 1.82) is 0 Å². The summed E-state index contributed by atoms with van der Waals surface area (Å²) in [7, 11) is 0. The maximum atomic E-state index is 11.1. The average Bonchev–Trinajstić information content (AvgIpc) is 2.66. The van der Waals surface area contributed by atoms with Crippen molar-refractivity contribution in [2.24, 2.45) is 17.6 Å². The molecule has 5 heteroatoms. The average molecular weight is 237 g/mol. The molecule has 4 N–H and O–H groups in total. The molecule has 4 nitrogen and oxygen atoms in total. The predicted octanol–water partition coefficient (Wildman–Crippen LogP) is 0.140. The van der Waals surface area contributed by atoms with Gasteiger partial charge >= 0.3 is 0 Å². The SMILES string of the molecule is NC(=O)C1NCC2C(N1)SC1=CC=CCC12. The van der Waals surface area contributed by atoms with Crippen LogP contribution >= 0.6 is 11.8 Å². The first-order valence-corrected chi connectivity index (χ1v) is 6.46. The maximum Gasteiger partial charge on any atom is 0.249 e. The Hall–Kier alpha value is -0.780. The molecule has 0 aromatic carbocycles. The third-order valence-corrected chi connectivity index (χ3v) is 4.94. The lowest BCUT2D eigenvalue weighted by Gasteiger charge is -2.34. The molecule has 0 saturated carbocycles. The molecule has 4 atom stereocenters. The van der Waals surface area contributed by atoms with E-state index in [1.54, 1.807) is 0 Å². The van der Waals surface area contributed by atoms with E-state index >= 15 is 0 Å². The van der Waals surface area contributed by atoms with Crippen LogP contribution in [0.15, 0.2) is 23.1 Å². The number of amides is 1. The van der Waals surface area contributed by atoms with Crippen LogP contribution in [0.2, 0.25) is 0 Å². The Kier molecular flexibility index (Phi) is 2.53. The Bertz CT molecular complexity index is 379. The number of rotatable bonds is 1. The lowest BCUT2D eigenvalue weighted by Crippen LogP contribution is -2.61. The number of carbonyl (C=O) groups excluding carboxylic acids is 1. The third-order valence-electron chi connectivity index (χ3n) is 3.49. The Labute approximate surface area is 98.7 Å². The molecule has 86 valence electrons. The zero-order chi connectivity index (χ0) is 11.1. The number of hydrogen-bond donors (Lipinski definition) is 3. The third kappa shape index (κ3) is 1.59. The van der Waals surface area contributed by atoms with Crippen LogP contribution in [-0.2, 0) is 4.79 Å². The zero-order valence-electron chi connectivity index (χ0n) is 8.85. The molecule has 0 bridgehead atoms. The van der Waals surface area contributed by atoms with Crippen LogP contribution in [0.5, 0.6) is 0 Å². The first kappa shape index (κ1) is 10.4. The summed E-state index contributed by atoms with van der Waals surface area (Å²) in [5.41, 5.74) is 5.30. The molecular formula is C11H15N3OS. The van der Waals surface area contributed by atoms with Gasteiger partial charge in [0.15, 0.2) is 0 Å². The van der Waals surface area contributed by atoms with E-state index in [4.69, 9.17) is 5.73 Å². The number of allylic oxidation sites excluding steroid dienone is 4. The molecule has 2 fully saturated rings. The van der Waals surface area contributed by atoms with E-state index in [0.717, 1.165) is 13.0 Å². The molecule has 1 aliphatic carbocycles. The lowest BCUT2D eigenvalue weighted by molar-refractivity contribution is -0.121. The summed E-state index contributed by atoms with van der Waals surface area (Å²) in [4.78, 5) is 12.6. The van der Waals surface area contributed by atoms with Gasteiger partial charge in [-0.3, -0.25) is 15.4 Å². The van der Waals surface area contributed by atoms with Crippen molar-refractivity contribution in [2.45, 2.75) is 18.0 Å². The molecule has 16 heavy (non-hydrogen) atoms. The van der Waals surface area contributed by atoms with Crippen molar-refractivity contribution >= 4 is 17.7 Å². The fourth-order valence-electron chi connectivity index (χ4n) is 2.65. The summed E-state index contributed by atoms with van der Waals surface area (Å²) < 4.78 is 0. The first-order chi connectivity index (χ1) is 7.75. The molecule has 0 aromatic heterocycles. The van der Waals surface area contributed by atoms with Gasteiger partial charge in [0.1, 0.15) is 6.17 Å². The van der Waals surface area contributed by atoms with Gasteiger partial charge in [-0.05, 0) is 17.2 Å². The number of fused-ring (bicyclic) bond motifs is 3. The normalized spacial score (nSPS) is 41.1. The van der Waals surface area contributed by atoms with Crippen LogP contribution in [0, 0.1) is 11.8 Å². The van der Waals surface area contributed by atoms with Crippen LogP contribution in [0.3, 0.4) is 0 Å². The van der Waals surface area contributed by atoms with Gasteiger partial charge in [-0.25, -0.2) is 0 Å². The largest absolute Gasteiger partial charge is 0.367 e. The second kappa shape index (κ2) is 3.91. The number of carbonyl (C=O) groups is 1. The molecule has 0 aromatic rings. The number of nitrogens with one attached hydrogen (secondary N) is 2. The van der Waals surface area contributed by atoms with Crippen molar-refractivity contribution in [3.05, 3.63) is 23.1 Å². The van der Waals surface area contributed by atoms with Gasteiger partial charge in [-0.15, -0.1) is 11.8 Å². The fraction of sp³-hybridized carbons (Fsp3) is 0.545. The van der Waals surface area contributed by atoms with Crippen molar-refractivity contribution < 1.29 is 4.79 Å². The van der Waals surface area contributed by atoms with Crippen molar-refractivity contribution in [2.75, 3.05) is 6.54 Å². The molecule has 3 aliphatic rings. The Morgan fingerprint density at radius 3 is 3.25 bits per heavy atom. The van der Waals surface area contributed by atoms with E-state index in [9.17, 15) is 4.79 Å². The molecule has 2 aliphatic heterocycles. The van der Waals surface area contributed by atoms with Crippen LogP contribution in [0.4, 0.5) is 0 Å². The summed E-state index contributed by atoms with van der Waals surface area (Å²) in [5, 5.41) is 6.78. The van der Waals surface area contributed by atoms with Gasteiger partial charge in [0.05, 0.1) is 5.37 Å². The molecule has 2 heterocycles. The standard InChI is InChI=1S/C11H15N3OS/c12-9(15)10-13-5-7-6-3-1-2-4-8(6)16-11(7)14-10/h1-2,4,6-7,10-11,13-14H,3,5H2,(H2,12,15). The highest BCUT2D eigenvalue weighted by molar-refractivity contribution is 8.04. The Morgan fingerprint density at radius 2 is 2.44 bits per heavy atom. The van der Waals surface area contributed by atoms with Gasteiger partial charge in [0.2, 0.25) is 5.91 Å². The van der Waals surface area contributed by atoms with Gasteiger partial charge in [-0.2, -0.15) is 0 Å². The van der Waals surface area contributed by atoms with Crippen molar-refractivity contribution in [3.8, 4) is 0 Å². The minimum absolute atomic E-state index is 0.318. The molecule has 2 saturated heterocycles. The predicted molar refractivity (Wildman–Crippen MR) is 64.3 cm³/mol. The molecule has 4 unspecified atom stereocenters. The van der Waals surface area contributed by atoms with E-state index in [2.05, 4.69) is 28.9 Å².